The van der Waals surface area contributed by atoms with E-state index in [0.29, 0.717) is 0 Å². The molecule has 1 heterocycles. The van der Waals surface area contributed by atoms with Gasteiger partial charge in [0.05, 0.1) is 0 Å². The normalized spacial score (nSPS) is 16.4. The van der Waals surface area contributed by atoms with Gasteiger partial charge in [-0.05, 0) is 55.7 Å². The Bertz CT molecular complexity index is 358. The molecular weight excluding hydrogens is 264 g/mol. The minimum atomic E-state index is 1.16. The van der Waals surface area contributed by atoms with Crippen molar-refractivity contribution in [2.24, 2.45) is 0 Å². The zero-order valence-corrected chi connectivity index (χ0v) is 13.6. The first-order chi connectivity index (χ1) is 9.88. The van der Waals surface area contributed by atoms with Gasteiger partial charge in [-0.25, -0.2) is 0 Å². The molecule has 1 aliphatic rings. The van der Waals surface area contributed by atoms with Gasteiger partial charge < -0.3 is 10.2 Å². The quantitative estimate of drug-likeness (QED) is 0.584. The predicted molar refractivity (Wildman–Crippen MR) is 89.7 cm³/mol. The van der Waals surface area contributed by atoms with Crippen molar-refractivity contribution in [3.05, 3.63) is 29.8 Å². The second-order valence-corrected chi connectivity index (χ2v) is 6.71. The molecule has 1 aromatic rings. The second-order valence-electron chi connectivity index (χ2n) is 5.54. The molecule has 112 valence electrons. The standard InChI is InChI=1S/C17H28N2S/c1-2-15-20-17-8-6-16(7-9-17)5-3-4-12-19-13-10-18-11-14-19/h6-9,18H,2-5,10-15H2,1H3. The van der Waals surface area contributed by atoms with E-state index in [1.165, 1.54) is 61.5 Å². The zero-order chi connectivity index (χ0) is 14.0. The summed E-state index contributed by atoms with van der Waals surface area (Å²) in [6, 6.07) is 9.18. The minimum absolute atomic E-state index is 1.16. The Kier molecular flexibility index (Phi) is 7.48. The molecule has 1 aromatic carbocycles. The summed E-state index contributed by atoms with van der Waals surface area (Å²) in [5.41, 5.74) is 1.49. The SMILES string of the molecule is CCCSc1ccc(CCCCN2CCNCC2)cc1. The number of aryl methyl sites for hydroxylation is 1. The molecule has 0 atom stereocenters. The highest BCUT2D eigenvalue weighted by molar-refractivity contribution is 7.99. The fraction of sp³-hybridized carbons (Fsp3) is 0.647. The lowest BCUT2D eigenvalue weighted by atomic mass is 10.1. The Morgan fingerprint density at radius 2 is 1.85 bits per heavy atom. The minimum Gasteiger partial charge on any atom is -0.314 e. The molecule has 0 aromatic heterocycles. The van der Waals surface area contributed by atoms with Crippen molar-refractivity contribution < 1.29 is 0 Å². The molecule has 1 N–H and O–H groups in total. The van der Waals surface area contributed by atoms with Crippen molar-refractivity contribution in [1.82, 2.24) is 10.2 Å². The number of piperazine rings is 1. The topological polar surface area (TPSA) is 15.3 Å². The van der Waals surface area contributed by atoms with Gasteiger partial charge in [0.15, 0.2) is 0 Å². The van der Waals surface area contributed by atoms with Crippen LogP contribution in [0.15, 0.2) is 29.2 Å². The van der Waals surface area contributed by atoms with E-state index in [-0.39, 0.29) is 0 Å². The van der Waals surface area contributed by atoms with Crippen LogP contribution < -0.4 is 5.32 Å². The highest BCUT2D eigenvalue weighted by Crippen LogP contribution is 2.19. The molecule has 0 unspecified atom stereocenters. The van der Waals surface area contributed by atoms with Crippen LogP contribution in [0.2, 0.25) is 0 Å². The number of hydrogen-bond donors (Lipinski definition) is 1. The first-order valence-corrected chi connectivity index (χ1v) is 9.02. The third-order valence-electron chi connectivity index (χ3n) is 3.80. The third-order valence-corrected chi connectivity index (χ3v) is 5.01. The molecular formula is C17H28N2S. The molecule has 2 rings (SSSR count). The molecule has 0 spiro atoms. The highest BCUT2D eigenvalue weighted by atomic mass is 32.2. The number of rotatable bonds is 8. The average Bonchev–Trinajstić information content (AvgIpc) is 2.52. The predicted octanol–water partition coefficient (Wildman–Crippen LogP) is 3.42. The van der Waals surface area contributed by atoms with Gasteiger partial charge in [-0.1, -0.05) is 19.1 Å². The molecule has 1 saturated heterocycles. The molecule has 0 aliphatic carbocycles. The van der Waals surface area contributed by atoms with Crippen LogP contribution in [0.1, 0.15) is 31.7 Å². The van der Waals surface area contributed by atoms with Crippen molar-refractivity contribution >= 4 is 11.8 Å². The third kappa shape index (κ3) is 5.86. The molecule has 3 heteroatoms. The summed E-state index contributed by atoms with van der Waals surface area (Å²) < 4.78 is 0. The van der Waals surface area contributed by atoms with Crippen LogP contribution in [0.3, 0.4) is 0 Å². The van der Waals surface area contributed by atoms with Gasteiger partial charge in [-0.15, -0.1) is 11.8 Å². The smallest absolute Gasteiger partial charge is 0.0107 e. The van der Waals surface area contributed by atoms with Crippen LogP contribution in [0.25, 0.3) is 0 Å². The Balaban J connectivity index is 1.61. The molecule has 0 amide bonds. The molecule has 1 fully saturated rings. The van der Waals surface area contributed by atoms with Gasteiger partial charge >= 0.3 is 0 Å². The Hall–Kier alpha value is -0.510. The van der Waals surface area contributed by atoms with Gasteiger partial charge in [-0.2, -0.15) is 0 Å². The lowest BCUT2D eigenvalue weighted by molar-refractivity contribution is 0.237. The van der Waals surface area contributed by atoms with E-state index in [0.717, 1.165) is 13.1 Å². The summed E-state index contributed by atoms with van der Waals surface area (Å²) >= 11 is 1.96. The van der Waals surface area contributed by atoms with Crippen LogP contribution in [-0.2, 0) is 6.42 Å². The van der Waals surface area contributed by atoms with Crippen molar-refractivity contribution in [3.8, 4) is 0 Å². The highest BCUT2D eigenvalue weighted by Gasteiger charge is 2.08. The van der Waals surface area contributed by atoms with E-state index in [9.17, 15) is 0 Å². The van der Waals surface area contributed by atoms with E-state index < -0.39 is 0 Å². The molecule has 1 aliphatic heterocycles. The summed E-state index contributed by atoms with van der Waals surface area (Å²) in [6.45, 7) is 8.28. The van der Waals surface area contributed by atoms with Crippen molar-refractivity contribution in [1.29, 1.82) is 0 Å². The number of nitrogens with one attached hydrogen (secondary N) is 1. The first kappa shape index (κ1) is 15.9. The van der Waals surface area contributed by atoms with Crippen molar-refractivity contribution in [2.75, 3.05) is 38.5 Å². The number of thioether (sulfide) groups is 1. The van der Waals surface area contributed by atoms with Crippen LogP contribution in [0.4, 0.5) is 0 Å². The van der Waals surface area contributed by atoms with Crippen LogP contribution in [0.5, 0.6) is 0 Å². The Morgan fingerprint density at radius 3 is 2.55 bits per heavy atom. The van der Waals surface area contributed by atoms with Gasteiger partial charge in [0, 0.05) is 31.1 Å². The van der Waals surface area contributed by atoms with Gasteiger partial charge in [-0.3, -0.25) is 0 Å². The largest absolute Gasteiger partial charge is 0.314 e. The Labute approximate surface area is 128 Å². The number of nitrogens with zero attached hydrogens (tertiary/aromatic N) is 1. The summed E-state index contributed by atoms with van der Waals surface area (Å²) in [5, 5.41) is 3.41. The first-order valence-electron chi connectivity index (χ1n) is 8.03. The fourth-order valence-corrected chi connectivity index (χ4v) is 3.34. The molecule has 0 bridgehead atoms. The maximum atomic E-state index is 3.41. The Morgan fingerprint density at radius 1 is 1.10 bits per heavy atom. The number of hydrogen-bond acceptors (Lipinski definition) is 3. The zero-order valence-electron chi connectivity index (χ0n) is 12.7. The van der Waals surface area contributed by atoms with Gasteiger partial charge in [0.1, 0.15) is 0 Å². The van der Waals surface area contributed by atoms with Crippen molar-refractivity contribution in [2.45, 2.75) is 37.5 Å². The number of benzene rings is 1. The van der Waals surface area contributed by atoms with E-state index in [1.807, 2.05) is 11.8 Å². The second kappa shape index (κ2) is 9.43. The van der Waals surface area contributed by atoms with Gasteiger partial charge in [0.25, 0.3) is 0 Å². The fourth-order valence-electron chi connectivity index (χ4n) is 2.57. The maximum Gasteiger partial charge on any atom is 0.0107 e. The summed E-state index contributed by atoms with van der Waals surface area (Å²) in [7, 11) is 0. The molecule has 0 saturated carbocycles. The van der Waals surface area contributed by atoms with E-state index in [1.54, 1.807) is 0 Å². The van der Waals surface area contributed by atoms with E-state index in [2.05, 4.69) is 41.4 Å². The lowest BCUT2D eigenvalue weighted by Crippen LogP contribution is -2.43. The summed E-state index contributed by atoms with van der Waals surface area (Å²) in [4.78, 5) is 4.00. The van der Waals surface area contributed by atoms with Crippen LogP contribution >= 0.6 is 11.8 Å². The summed E-state index contributed by atoms with van der Waals surface area (Å²) in [6.07, 6.45) is 5.11. The summed E-state index contributed by atoms with van der Waals surface area (Å²) in [5.74, 6) is 1.23. The van der Waals surface area contributed by atoms with Crippen molar-refractivity contribution in [3.63, 3.8) is 0 Å². The average molecular weight is 292 g/mol. The maximum absolute atomic E-state index is 3.41. The lowest BCUT2D eigenvalue weighted by Gasteiger charge is -2.27. The monoisotopic (exact) mass is 292 g/mol. The van der Waals surface area contributed by atoms with Crippen LogP contribution in [-0.4, -0.2) is 43.4 Å². The van der Waals surface area contributed by atoms with Gasteiger partial charge in [0.2, 0.25) is 0 Å². The molecule has 2 nitrogen and oxygen atoms in total. The number of unbranched alkanes of at least 4 members (excludes halogenated alkanes) is 1. The van der Waals surface area contributed by atoms with Crippen LogP contribution in [0, 0.1) is 0 Å². The molecule has 20 heavy (non-hydrogen) atoms. The van der Waals surface area contributed by atoms with E-state index in [4.69, 9.17) is 0 Å². The molecule has 0 radical (unpaired) electrons. The van der Waals surface area contributed by atoms with E-state index >= 15 is 0 Å².